The van der Waals surface area contributed by atoms with Crippen molar-refractivity contribution in [3.05, 3.63) is 75.3 Å². The van der Waals surface area contributed by atoms with Crippen LogP contribution in [0.5, 0.6) is 0 Å². The van der Waals surface area contributed by atoms with Crippen LogP contribution in [0.25, 0.3) is 0 Å². The number of pyridine rings is 1. The summed E-state index contributed by atoms with van der Waals surface area (Å²) in [6, 6.07) is 9.70. The molecule has 10 heteroatoms. The zero-order valence-electron chi connectivity index (χ0n) is 17.5. The number of nitrogens with zero attached hydrogens (tertiary/aromatic N) is 4. The van der Waals surface area contributed by atoms with Gasteiger partial charge in [-0.1, -0.05) is 29.3 Å². The summed E-state index contributed by atoms with van der Waals surface area (Å²) in [5.74, 6) is 0.902. The molecule has 2 N–H and O–H groups in total. The van der Waals surface area contributed by atoms with Crippen LogP contribution in [-0.4, -0.2) is 39.3 Å². The summed E-state index contributed by atoms with van der Waals surface area (Å²) in [6.45, 7) is 3.99. The molecule has 0 aliphatic rings. The van der Waals surface area contributed by atoms with E-state index in [1.807, 2.05) is 42.9 Å². The molecule has 2 heterocycles. The first-order valence-corrected chi connectivity index (χ1v) is 12.2. The molecule has 32 heavy (non-hydrogen) atoms. The van der Waals surface area contributed by atoms with Crippen LogP contribution in [0.2, 0.25) is 10.0 Å². The van der Waals surface area contributed by atoms with Crippen molar-refractivity contribution >= 4 is 62.3 Å². The molecule has 0 spiro atoms. The Morgan fingerprint density at radius 3 is 2.59 bits per heavy atom. The molecule has 3 aromatic rings. The molecule has 6 nitrogen and oxygen atoms in total. The van der Waals surface area contributed by atoms with Gasteiger partial charge in [-0.15, -0.1) is 0 Å². The minimum Gasteiger partial charge on any atom is -0.363 e. The number of benzene rings is 1. The third kappa shape index (κ3) is 8.24. The summed E-state index contributed by atoms with van der Waals surface area (Å²) in [5, 5.41) is 8.32. The lowest BCUT2D eigenvalue weighted by atomic mass is 10.2. The van der Waals surface area contributed by atoms with Gasteiger partial charge in [-0.2, -0.15) is 0 Å². The molecule has 0 radical (unpaired) electrons. The van der Waals surface area contributed by atoms with Gasteiger partial charge in [-0.05, 0) is 70.8 Å². The Morgan fingerprint density at radius 1 is 1.09 bits per heavy atom. The number of halogens is 3. The van der Waals surface area contributed by atoms with Crippen LogP contribution >= 0.6 is 51.3 Å². The second-order valence-corrected chi connectivity index (χ2v) is 9.33. The first-order chi connectivity index (χ1) is 15.5. The molecule has 0 saturated heterocycles. The normalized spacial score (nSPS) is 10.7. The Morgan fingerprint density at radius 2 is 1.91 bits per heavy atom. The van der Waals surface area contributed by atoms with Gasteiger partial charge in [0, 0.05) is 55.8 Å². The lowest BCUT2D eigenvalue weighted by Crippen LogP contribution is -2.37. The van der Waals surface area contributed by atoms with E-state index in [-0.39, 0.29) is 0 Å². The molecular weight excluding hydrogens is 531 g/mol. The number of aryl methyl sites for hydroxylation is 1. The SMILES string of the molecule is S=C(NCCCN(Cc1ccc(Cl)c(Cl)c1)c1ccc(Br)cn1)NCCCn1ccnc1. The van der Waals surface area contributed by atoms with E-state index in [9.17, 15) is 0 Å². The highest BCUT2D eigenvalue weighted by molar-refractivity contribution is 9.10. The maximum Gasteiger partial charge on any atom is 0.166 e. The van der Waals surface area contributed by atoms with Crippen molar-refractivity contribution in [3.8, 4) is 0 Å². The first-order valence-electron chi connectivity index (χ1n) is 10.3. The van der Waals surface area contributed by atoms with Gasteiger partial charge >= 0.3 is 0 Å². The molecule has 0 amide bonds. The van der Waals surface area contributed by atoms with Crippen LogP contribution in [0.4, 0.5) is 5.82 Å². The second kappa shape index (κ2) is 13.0. The van der Waals surface area contributed by atoms with Crippen molar-refractivity contribution in [2.45, 2.75) is 25.9 Å². The molecule has 0 bridgehead atoms. The number of anilines is 1. The molecule has 0 aliphatic carbocycles. The second-order valence-electron chi connectivity index (χ2n) is 7.19. The van der Waals surface area contributed by atoms with Crippen molar-refractivity contribution in [1.82, 2.24) is 25.2 Å². The van der Waals surface area contributed by atoms with Crippen LogP contribution < -0.4 is 15.5 Å². The number of nitrogens with one attached hydrogen (secondary N) is 2. The largest absolute Gasteiger partial charge is 0.363 e. The van der Waals surface area contributed by atoms with Crippen molar-refractivity contribution in [2.75, 3.05) is 24.5 Å². The average Bonchev–Trinajstić information content (AvgIpc) is 3.30. The number of aromatic nitrogens is 3. The molecule has 170 valence electrons. The Labute approximate surface area is 212 Å². The molecule has 3 rings (SSSR count). The Kier molecular flexibility index (Phi) is 10.1. The van der Waals surface area contributed by atoms with Crippen LogP contribution in [0.3, 0.4) is 0 Å². The standard InChI is InChI=1S/C22H25BrCl2N6S/c23-18-4-6-21(29-14-18)31(15-17-3-5-19(24)20(25)13-17)11-2-8-28-22(32)27-7-1-10-30-12-9-26-16-30/h3-6,9,12-14,16H,1-2,7-8,10-11,15H2,(H2,27,28,32). The Balaban J connectivity index is 1.45. The van der Waals surface area contributed by atoms with Gasteiger partial charge in [0.05, 0.1) is 16.4 Å². The van der Waals surface area contributed by atoms with Gasteiger partial charge in [-0.25, -0.2) is 9.97 Å². The van der Waals surface area contributed by atoms with Gasteiger partial charge in [0.15, 0.2) is 5.11 Å². The molecule has 0 saturated carbocycles. The maximum absolute atomic E-state index is 6.20. The monoisotopic (exact) mass is 554 g/mol. The van der Waals surface area contributed by atoms with Crippen LogP contribution in [-0.2, 0) is 13.1 Å². The first kappa shape index (κ1) is 24.8. The maximum atomic E-state index is 6.20. The summed E-state index contributed by atoms with van der Waals surface area (Å²) in [7, 11) is 0. The predicted octanol–water partition coefficient (Wildman–Crippen LogP) is 5.30. The number of thiocarbonyl (C=S) groups is 1. The molecule has 0 aliphatic heterocycles. The van der Waals surface area contributed by atoms with E-state index in [1.54, 1.807) is 12.4 Å². The van der Waals surface area contributed by atoms with Crippen molar-refractivity contribution in [3.63, 3.8) is 0 Å². The Bertz CT molecular complexity index is 985. The van der Waals surface area contributed by atoms with Crippen molar-refractivity contribution in [2.24, 2.45) is 0 Å². The predicted molar refractivity (Wildman–Crippen MR) is 140 cm³/mol. The summed E-state index contributed by atoms with van der Waals surface area (Å²) in [4.78, 5) is 10.8. The lowest BCUT2D eigenvalue weighted by Gasteiger charge is -2.24. The Hall–Kier alpha value is -1.87. The molecule has 2 aromatic heterocycles. The van der Waals surface area contributed by atoms with Gasteiger partial charge in [0.1, 0.15) is 5.82 Å². The summed E-state index contributed by atoms with van der Waals surface area (Å²) < 4.78 is 3.00. The van der Waals surface area contributed by atoms with Crippen molar-refractivity contribution < 1.29 is 0 Å². The van der Waals surface area contributed by atoms with E-state index in [0.717, 1.165) is 54.9 Å². The number of hydrogen-bond donors (Lipinski definition) is 2. The molecule has 0 fully saturated rings. The lowest BCUT2D eigenvalue weighted by molar-refractivity contribution is 0.625. The highest BCUT2D eigenvalue weighted by Gasteiger charge is 2.10. The number of hydrogen-bond acceptors (Lipinski definition) is 4. The van der Waals surface area contributed by atoms with Crippen LogP contribution in [0, 0.1) is 0 Å². The van der Waals surface area contributed by atoms with Gasteiger partial charge in [0.2, 0.25) is 0 Å². The summed E-state index contributed by atoms with van der Waals surface area (Å²) in [5.41, 5.74) is 1.08. The fraction of sp³-hybridized carbons (Fsp3) is 0.318. The topological polar surface area (TPSA) is 58.0 Å². The van der Waals surface area contributed by atoms with Gasteiger partial charge in [0.25, 0.3) is 0 Å². The number of rotatable bonds is 11. The third-order valence-corrected chi connectivity index (χ3v) is 6.22. The minimum absolute atomic E-state index is 0.555. The minimum atomic E-state index is 0.555. The van der Waals surface area contributed by atoms with E-state index in [4.69, 9.17) is 35.4 Å². The highest BCUT2D eigenvalue weighted by Crippen LogP contribution is 2.24. The van der Waals surface area contributed by atoms with Crippen LogP contribution in [0.15, 0.2) is 59.7 Å². The molecule has 0 atom stereocenters. The van der Waals surface area contributed by atoms with E-state index in [0.29, 0.717) is 21.7 Å². The van der Waals surface area contributed by atoms with Gasteiger partial charge in [-0.3, -0.25) is 0 Å². The quantitative estimate of drug-likeness (QED) is 0.247. The summed E-state index contributed by atoms with van der Waals surface area (Å²) >= 11 is 21.1. The summed E-state index contributed by atoms with van der Waals surface area (Å²) in [6.07, 6.45) is 9.24. The highest BCUT2D eigenvalue weighted by atomic mass is 79.9. The average molecular weight is 556 g/mol. The van der Waals surface area contributed by atoms with E-state index < -0.39 is 0 Å². The third-order valence-electron chi connectivity index (χ3n) is 4.72. The van der Waals surface area contributed by atoms with E-state index >= 15 is 0 Å². The van der Waals surface area contributed by atoms with Gasteiger partial charge < -0.3 is 20.1 Å². The fourth-order valence-corrected chi connectivity index (χ4v) is 3.86. The van der Waals surface area contributed by atoms with Crippen LogP contribution in [0.1, 0.15) is 18.4 Å². The molecule has 1 aromatic carbocycles. The smallest absolute Gasteiger partial charge is 0.166 e. The zero-order valence-corrected chi connectivity index (χ0v) is 21.4. The molecule has 0 unspecified atom stereocenters. The molecular formula is C22H25BrCl2N6S. The van der Waals surface area contributed by atoms with E-state index in [2.05, 4.69) is 46.0 Å². The fourth-order valence-electron chi connectivity index (χ4n) is 3.10. The zero-order chi connectivity index (χ0) is 22.8. The number of imidazole rings is 1. The van der Waals surface area contributed by atoms with Crippen molar-refractivity contribution in [1.29, 1.82) is 0 Å². The van der Waals surface area contributed by atoms with E-state index in [1.165, 1.54) is 0 Å².